The molecule has 0 bridgehead atoms. The molecule has 1 atom stereocenters. The number of aliphatic hydroxyl groups is 1. The number of allylic oxidation sites excluding steroid dienone is 1. The lowest BCUT2D eigenvalue weighted by Crippen LogP contribution is -2.52. The lowest BCUT2D eigenvalue weighted by atomic mass is 9.69. The quantitative estimate of drug-likeness (QED) is 0.712. The summed E-state index contributed by atoms with van der Waals surface area (Å²) in [6.45, 7) is 5.42. The van der Waals surface area contributed by atoms with Crippen molar-refractivity contribution < 1.29 is 24.2 Å². The van der Waals surface area contributed by atoms with Crippen LogP contribution in [-0.2, 0) is 19.7 Å². The van der Waals surface area contributed by atoms with Gasteiger partial charge in [0.25, 0.3) is 0 Å². The fraction of sp³-hybridized carbons (Fsp3) is 0.304. The van der Waals surface area contributed by atoms with Crippen molar-refractivity contribution in [1.82, 2.24) is 10.4 Å². The summed E-state index contributed by atoms with van der Waals surface area (Å²) >= 11 is 0. The Hall–Kier alpha value is -3.32. The fourth-order valence-electron chi connectivity index (χ4n) is 3.99. The molecule has 2 N–H and O–H groups in total. The van der Waals surface area contributed by atoms with E-state index in [0.29, 0.717) is 16.8 Å². The largest absolute Gasteiger partial charge is 0.463 e. The Morgan fingerprint density at radius 2 is 1.47 bits per heavy atom. The third-order valence-electron chi connectivity index (χ3n) is 5.17. The van der Waals surface area contributed by atoms with Crippen LogP contribution in [0, 0.1) is 0 Å². The monoisotopic (exact) mass is 410 g/mol. The van der Waals surface area contributed by atoms with E-state index >= 15 is 0 Å². The summed E-state index contributed by atoms with van der Waals surface area (Å²) in [6.07, 6.45) is -2.04. The predicted molar refractivity (Wildman–Crippen MR) is 111 cm³/mol. The molecule has 0 aromatic heterocycles. The number of hydrogen-bond acceptors (Lipinski definition) is 6. The van der Waals surface area contributed by atoms with Gasteiger partial charge in [-0.3, -0.25) is 5.01 Å². The molecule has 1 aliphatic heterocycles. The first-order valence-electron chi connectivity index (χ1n) is 9.88. The number of nitrogens with zero attached hydrogens (tertiary/aromatic N) is 1. The van der Waals surface area contributed by atoms with Gasteiger partial charge in [0.2, 0.25) is 0 Å². The van der Waals surface area contributed by atoms with Gasteiger partial charge in [-0.15, -0.1) is 0 Å². The Bertz CT molecular complexity index is 888. The first kappa shape index (κ1) is 21.4. The van der Waals surface area contributed by atoms with Gasteiger partial charge >= 0.3 is 12.1 Å². The van der Waals surface area contributed by atoms with Gasteiger partial charge < -0.3 is 14.6 Å². The number of rotatable bonds is 6. The standard InChI is InChI=1S/C23H26N2O5/c1-4-29-20(26)19-16(3)25(24-22(28)30-5-2)21(27)23(19,17-12-8-6-9-13-17)18-14-10-7-11-15-18/h6-15,21,27H,4-5H2,1-3H3,(H,24,28)/t21-/m0/s1. The van der Waals surface area contributed by atoms with E-state index in [9.17, 15) is 14.7 Å². The van der Waals surface area contributed by atoms with Crippen LogP contribution in [0.3, 0.4) is 0 Å². The average molecular weight is 410 g/mol. The fourth-order valence-corrected chi connectivity index (χ4v) is 3.99. The van der Waals surface area contributed by atoms with Crippen molar-refractivity contribution in [1.29, 1.82) is 0 Å². The second-order valence-electron chi connectivity index (χ2n) is 6.80. The third kappa shape index (κ3) is 3.52. The molecule has 0 spiro atoms. The summed E-state index contributed by atoms with van der Waals surface area (Å²) in [5.41, 5.74) is 3.30. The Morgan fingerprint density at radius 3 is 1.93 bits per heavy atom. The van der Waals surface area contributed by atoms with Crippen molar-refractivity contribution in [3.8, 4) is 0 Å². The smallest absolute Gasteiger partial charge is 0.426 e. The van der Waals surface area contributed by atoms with E-state index in [1.807, 2.05) is 60.7 Å². The van der Waals surface area contributed by atoms with Gasteiger partial charge in [-0.25, -0.2) is 15.0 Å². The van der Waals surface area contributed by atoms with E-state index in [0.717, 1.165) is 0 Å². The lowest BCUT2D eigenvalue weighted by molar-refractivity contribution is -0.139. The normalized spacial score (nSPS) is 17.6. The maximum absolute atomic E-state index is 13.2. The zero-order chi connectivity index (χ0) is 21.7. The van der Waals surface area contributed by atoms with Gasteiger partial charge in [0.1, 0.15) is 5.41 Å². The topological polar surface area (TPSA) is 88.1 Å². The number of hydrogen-bond donors (Lipinski definition) is 2. The highest BCUT2D eigenvalue weighted by molar-refractivity contribution is 5.95. The molecule has 0 unspecified atom stereocenters. The molecule has 2 aromatic carbocycles. The summed E-state index contributed by atoms with van der Waals surface area (Å²) < 4.78 is 10.3. The van der Waals surface area contributed by atoms with Crippen molar-refractivity contribution in [2.24, 2.45) is 0 Å². The van der Waals surface area contributed by atoms with E-state index in [1.165, 1.54) is 5.01 Å². The molecule has 0 fully saturated rings. The van der Waals surface area contributed by atoms with Gasteiger partial charge in [0, 0.05) is 5.70 Å². The number of benzene rings is 2. The van der Waals surface area contributed by atoms with Gasteiger partial charge in [-0.2, -0.15) is 0 Å². The van der Waals surface area contributed by atoms with Crippen LogP contribution >= 0.6 is 0 Å². The maximum atomic E-state index is 13.2. The van der Waals surface area contributed by atoms with E-state index in [1.54, 1.807) is 20.8 Å². The molecule has 0 saturated carbocycles. The maximum Gasteiger partial charge on any atom is 0.426 e. The first-order valence-corrected chi connectivity index (χ1v) is 9.88. The summed E-state index contributed by atoms with van der Waals surface area (Å²) in [7, 11) is 0. The summed E-state index contributed by atoms with van der Waals surface area (Å²) in [6, 6.07) is 18.5. The molecule has 30 heavy (non-hydrogen) atoms. The van der Waals surface area contributed by atoms with Crippen LogP contribution < -0.4 is 5.43 Å². The van der Waals surface area contributed by atoms with Crippen LogP contribution in [-0.4, -0.2) is 41.6 Å². The molecule has 1 aliphatic rings. The molecule has 7 heteroatoms. The van der Waals surface area contributed by atoms with Crippen molar-refractivity contribution in [3.63, 3.8) is 0 Å². The van der Waals surface area contributed by atoms with Crippen LogP contribution in [0.2, 0.25) is 0 Å². The second kappa shape index (κ2) is 9.00. The van der Waals surface area contributed by atoms with Crippen LogP contribution in [0.4, 0.5) is 4.79 Å². The molecule has 2 aromatic rings. The van der Waals surface area contributed by atoms with Gasteiger partial charge in [0.15, 0.2) is 6.23 Å². The van der Waals surface area contributed by atoms with E-state index < -0.39 is 23.7 Å². The number of carbonyl (C=O) groups is 2. The SMILES string of the molecule is CCOC(=O)NN1C(C)=C(C(=O)OCC)C(c2ccccc2)(c2ccccc2)[C@@H]1O. The first-order chi connectivity index (χ1) is 14.5. The van der Waals surface area contributed by atoms with Crippen molar-refractivity contribution in [2.45, 2.75) is 32.4 Å². The molecule has 1 heterocycles. The minimum Gasteiger partial charge on any atom is -0.463 e. The summed E-state index contributed by atoms with van der Waals surface area (Å²) in [5.74, 6) is -0.560. The van der Waals surface area contributed by atoms with Crippen LogP contribution in [0.15, 0.2) is 71.9 Å². The van der Waals surface area contributed by atoms with E-state index in [2.05, 4.69) is 5.43 Å². The number of carbonyl (C=O) groups excluding carboxylic acids is 2. The molecule has 158 valence electrons. The molecular formula is C23H26N2O5. The molecule has 0 aliphatic carbocycles. The highest BCUT2D eigenvalue weighted by atomic mass is 16.6. The molecule has 0 radical (unpaired) electrons. The molecule has 0 saturated heterocycles. The zero-order valence-electron chi connectivity index (χ0n) is 17.3. The van der Waals surface area contributed by atoms with Crippen molar-refractivity contribution >= 4 is 12.1 Å². The molecular weight excluding hydrogens is 384 g/mol. The summed E-state index contributed by atoms with van der Waals surface area (Å²) in [5, 5.41) is 12.9. The lowest BCUT2D eigenvalue weighted by Gasteiger charge is -2.38. The Labute approximate surface area is 175 Å². The number of nitrogens with one attached hydrogen (secondary N) is 1. The minimum atomic E-state index is -1.31. The number of esters is 1. The number of ether oxygens (including phenoxy) is 2. The van der Waals surface area contributed by atoms with Crippen LogP contribution in [0.5, 0.6) is 0 Å². The van der Waals surface area contributed by atoms with Gasteiger partial charge in [-0.05, 0) is 31.9 Å². The van der Waals surface area contributed by atoms with E-state index in [-0.39, 0.29) is 18.8 Å². The zero-order valence-corrected chi connectivity index (χ0v) is 17.3. The number of amides is 1. The third-order valence-corrected chi connectivity index (χ3v) is 5.17. The summed E-state index contributed by atoms with van der Waals surface area (Å²) in [4.78, 5) is 25.3. The van der Waals surface area contributed by atoms with Crippen molar-refractivity contribution in [2.75, 3.05) is 13.2 Å². The van der Waals surface area contributed by atoms with Gasteiger partial charge in [0.05, 0.1) is 18.8 Å². The average Bonchev–Trinajstić information content (AvgIpc) is 2.97. The van der Waals surface area contributed by atoms with Crippen LogP contribution in [0.25, 0.3) is 0 Å². The second-order valence-corrected chi connectivity index (χ2v) is 6.80. The van der Waals surface area contributed by atoms with Crippen LogP contribution in [0.1, 0.15) is 31.9 Å². The van der Waals surface area contributed by atoms with Gasteiger partial charge in [-0.1, -0.05) is 60.7 Å². The number of hydrazine groups is 1. The highest BCUT2D eigenvalue weighted by Crippen LogP contribution is 2.50. The number of aliphatic hydroxyl groups excluding tert-OH is 1. The Balaban J connectivity index is 2.27. The Morgan fingerprint density at radius 1 is 0.967 bits per heavy atom. The minimum absolute atomic E-state index is 0.172. The molecule has 7 nitrogen and oxygen atoms in total. The van der Waals surface area contributed by atoms with E-state index in [4.69, 9.17) is 9.47 Å². The highest BCUT2D eigenvalue weighted by Gasteiger charge is 2.57. The predicted octanol–water partition coefficient (Wildman–Crippen LogP) is 3.10. The van der Waals surface area contributed by atoms with Crippen molar-refractivity contribution in [3.05, 3.63) is 83.1 Å². The molecule has 3 rings (SSSR count). The molecule has 1 amide bonds. The Kier molecular flexibility index (Phi) is 6.42.